The predicted molar refractivity (Wildman–Crippen MR) is 112 cm³/mol. The second-order valence-electron chi connectivity index (χ2n) is 8.44. The van der Waals surface area contributed by atoms with Crippen LogP contribution in [0.4, 0.5) is 0 Å². The summed E-state index contributed by atoms with van der Waals surface area (Å²) in [6.07, 6.45) is 3.31. The van der Waals surface area contributed by atoms with Gasteiger partial charge in [0.05, 0.1) is 31.1 Å². The number of carbonyl (C=O) groups is 1. The first-order valence-corrected chi connectivity index (χ1v) is 11.8. The zero-order chi connectivity index (χ0) is 20.7. The molecular weight excluding hydrogens is 374 g/mol. The van der Waals surface area contributed by atoms with E-state index in [0.717, 1.165) is 23.3 Å². The number of quaternary nitrogens is 1. The highest BCUT2D eigenvalue weighted by Gasteiger charge is 2.31. The quantitative estimate of drug-likeness (QED) is 0.643. The van der Waals surface area contributed by atoms with Crippen LogP contribution in [-0.2, 0) is 14.8 Å². The van der Waals surface area contributed by atoms with Crippen LogP contribution >= 0.6 is 0 Å². The van der Waals surface area contributed by atoms with E-state index in [0.29, 0.717) is 43.5 Å². The minimum Gasteiger partial charge on any atom is -0.349 e. The van der Waals surface area contributed by atoms with Crippen LogP contribution in [-0.4, -0.2) is 57.4 Å². The summed E-state index contributed by atoms with van der Waals surface area (Å²) in [5.41, 5.74) is 1.04. The largest absolute Gasteiger partial charge is 0.349 e. The van der Waals surface area contributed by atoms with E-state index in [4.69, 9.17) is 0 Å². The second kappa shape index (κ2) is 10.4. The summed E-state index contributed by atoms with van der Waals surface area (Å²) in [6, 6.07) is 7.16. The maximum absolute atomic E-state index is 12.8. The minimum absolute atomic E-state index is 0.0573. The number of piperazine rings is 1. The molecule has 1 saturated heterocycles. The van der Waals surface area contributed by atoms with Crippen molar-refractivity contribution in [3.8, 4) is 0 Å². The van der Waals surface area contributed by atoms with Crippen molar-refractivity contribution < 1.29 is 18.1 Å². The summed E-state index contributed by atoms with van der Waals surface area (Å²) in [5, 5.41) is 3.08. The van der Waals surface area contributed by atoms with Crippen LogP contribution in [0.3, 0.4) is 0 Å². The molecule has 1 heterocycles. The second-order valence-corrected chi connectivity index (χ2v) is 10.4. The van der Waals surface area contributed by atoms with Crippen molar-refractivity contribution in [1.29, 1.82) is 0 Å². The van der Waals surface area contributed by atoms with Crippen molar-refractivity contribution in [3.63, 3.8) is 0 Å². The van der Waals surface area contributed by atoms with Crippen molar-refractivity contribution in [1.82, 2.24) is 9.62 Å². The normalized spacial score (nSPS) is 17.6. The number of nitrogens with one attached hydrogen (secondary N) is 2. The molecule has 1 atom stereocenters. The zero-order valence-electron chi connectivity index (χ0n) is 17.7. The molecule has 1 aliphatic heterocycles. The predicted octanol–water partition coefficient (Wildman–Crippen LogP) is 1.22. The van der Waals surface area contributed by atoms with Gasteiger partial charge < -0.3 is 10.2 Å². The van der Waals surface area contributed by atoms with Crippen molar-refractivity contribution in [2.45, 2.75) is 57.9 Å². The number of nitrogens with zero attached hydrogens (tertiary/aromatic N) is 1. The van der Waals surface area contributed by atoms with E-state index < -0.39 is 10.0 Å². The summed E-state index contributed by atoms with van der Waals surface area (Å²) >= 11 is 0. The van der Waals surface area contributed by atoms with Gasteiger partial charge in [0, 0.05) is 6.04 Å². The molecule has 0 bridgehead atoms. The van der Waals surface area contributed by atoms with Crippen LogP contribution in [0.15, 0.2) is 29.2 Å². The van der Waals surface area contributed by atoms with Gasteiger partial charge in [0.15, 0.2) is 6.54 Å². The van der Waals surface area contributed by atoms with Gasteiger partial charge in [-0.05, 0) is 38.3 Å². The number of amides is 1. The van der Waals surface area contributed by atoms with Crippen molar-refractivity contribution in [2.75, 3.05) is 32.7 Å². The third kappa shape index (κ3) is 6.87. The van der Waals surface area contributed by atoms with Crippen LogP contribution in [0.1, 0.15) is 45.6 Å². The number of sulfonamides is 1. The summed E-state index contributed by atoms with van der Waals surface area (Å²) in [4.78, 5) is 13.8. The third-order valence-corrected chi connectivity index (χ3v) is 7.24. The maximum atomic E-state index is 12.8. The molecule has 158 valence electrons. The highest BCUT2D eigenvalue weighted by Crippen LogP contribution is 2.16. The molecule has 0 aromatic heterocycles. The Morgan fingerprint density at radius 1 is 1.11 bits per heavy atom. The van der Waals surface area contributed by atoms with Crippen molar-refractivity contribution in [3.05, 3.63) is 29.8 Å². The first-order chi connectivity index (χ1) is 13.2. The van der Waals surface area contributed by atoms with Crippen molar-refractivity contribution >= 4 is 15.9 Å². The van der Waals surface area contributed by atoms with Gasteiger partial charge in [0.2, 0.25) is 10.0 Å². The number of rotatable bonds is 9. The lowest BCUT2D eigenvalue weighted by Crippen LogP contribution is -3.15. The molecule has 1 aromatic carbocycles. The van der Waals surface area contributed by atoms with E-state index in [-0.39, 0.29) is 11.9 Å². The molecule has 2 N–H and O–H groups in total. The van der Waals surface area contributed by atoms with Crippen LogP contribution in [0.2, 0.25) is 0 Å². The van der Waals surface area contributed by atoms with Crippen LogP contribution in [0.5, 0.6) is 0 Å². The molecule has 1 aromatic rings. The number of hydrogen-bond acceptors (Lipinski definition) is 3. The average molecular weight is 411 g/mol. The monoisotopic (exact) mass is 410 g/mol. The van der Waals surface area contributed by atoms with Gasteiger partial charge in [-0.2, -0.15) is 4.31 Å². The Balaban J connectivity index is 1.77. The smallest absolute Gasteiger partial charge is 0.275 e. The summed E-state index contributed by atoms with van der Waals surface area (Å²) in [5.74, 6) is 0.752. The van der Waals surface area contributed by atoms with E-state index in [9.17, 15) is 13.2 Å². The Morgan fingerprint density at radius 2 is 1.71 bits per heavy atom. The topological polar surface area (TPSA) is 70.9 Å². The molecule has 7 heteroatoms. The molecule has 6 nitrogen and oxygen atoms in total. The fourth-order valence-electron chi connectivity index (χ4n) is 3.54. The van der Waals surface area contributed by atoms with Gasteiger partial charge in [0.1, 0.15) is 0 Å². The SMILES string of the molecule is Cc1ccc(S(=O)(=O)N2CC[NH+](CC(=O)N[C@H](C)CCCC(C)C)CC2)cc1. The molecule has 1 amide bonds. The van der Waals surface area contributed by atoms with Gasteiger partial charge in [0.25, 0.3) is 5.91 Å². The fourth-order valence-corrected chi connectivity index (χ4v) is 4.98. The molecule has 0 unspecified atom stereocenters. The Morgan fingerprint density at radius 3 is 2.29 bits per heavy atom. The highest BCUT2D eigenvalue weighted by atomic mass is 32.2. The van der Waals surface area contributed by atoms with Gasteiger partial charge in [-0.3, -0.25) is 4.79 Å². The van der Waals surface area contributed by atoms with Crippen LogP contribution < -0.4 is 10.2 Å². The fraction of sp³-hybridized carbons (Fsp3) is 0.667. The van der Waals surface area contributed by atoms with Gasteiger partial charge in [-0.15, -0.1) is 0 Å². The lowest BCUT2D eigenvalue weighted by atomic mass is 10.0. The van der Waals surface area contributed by atoms with Gasteiger partial charge >= 0.3 is 0 Å². The standard InChI is InChI=1S/C21H35N3O3S/c1-17(2)6-5-7-19(4)22-21(25)16-23-12-14-24(15-13-23)28(26,27)20-10-8-18(3)9-11-20/h8-11,17,19H,5-7,12-16H2,1-4H3,(H,22,25)/p+1/t19-/m1/s1. The Kier molecular flexibility index (Phi) is 8.46. The first-order valence-electron chi connectivity index (χ1n) is 10.4. The van der Waals surface area contributed by atoms with Crippen LogP contribution in [0.25, 0.3) is 0 Å². The summed E-state index contributed by atoms with van der Waals surface area (Å²) < 4.78 is 27.1. The number of aryl methyl sites for hydroxylation is 1. The van der Waals surface area contributed by atoms with Gasteiger partial charge in [-0.1, -0.05) is 44.4 Å². The van der Waals surface area contributed by atoms with E-state index in [1.807, 2.05) is 19.1 Å². The lowest BCUT2D eigenvalue weighted by Gasteiger charge is -2.31. The van der Waals surface area contributed by atoms with E-state index in [1.54, 1.807) is 12.1 Å². The van der Waals surface area contributed by atoms with Gasteiger partial charge in [-0.25, -0.2) is 8.42 Å². The molecule has 0 aliphatic carbocycles. The Bertz CT molecular complexity index is 724. The van der Waals surface area contributed by atoms with E-state index >= 15 is 0 Å². The molecule has 28 heavy (non-hydrogen) atoms. The Labute approximate surface area is 170 Å². The summed E-state index contributed by atoms with van der Waals surface area (Å²) in [7, 11) is -3.45. The van der Waals surface area contributed by atoms with Crippen molar-refractivity contribution in [2.24, 2.45) is 5.92 Å². The summed E-state index contributed by atoms with van der Waals surface area (Å²) in [6.45, 7) is 11.0. The molecular formula is C21H36N3O3S+. The lowest BCUT2D eigenvalue weighted by molar-refractivity contribution is -0.895. The number of benzene rings is 1. The average Bonchev–Trinajstić information content (AvgIpc) is 2.62. The van der Waals surface area contributed by atoms with E-state index in [1.165, 1.54) is 10.7 Å². The minimum atomic E-state index is -3.45. The van der Waals surface area contributed by atoms with Crippen LogP contribution in [0, 0.1) is 12.8 Å². The number of hydrogen-bond donors (Lipinski definition) is 2. The first kappa shape index (κ1) is 22.8. The van der Waals surface area contributed by atoms with E-state index in [2.05, 4.69) is 26.1 Å². The Hall–Kier alpha value is -1.44. The maximum Gasteiger partial charge on any atom is 0.275 e. The molecule has 1 aliphatic rings. The highest BCUT2D eigenvalue weighted by molar-refractivity contribution is 7.89. The molecule has 2 rings (SSSR count). The molecule has 0 saturated carbocycles. The third-order valence-electron chi connectivity index (χ3n) is 5.32. The zero-order valence-corrected chi connectivity index (χ0v) is 18.5. The molecule has 0 spiro atoms. The molecule has 0 radical (unpaired) electrons. The number of carbonyl (C=O) groups excluding carboxylic acids is 1. The molecule has 1 fully saturated rings.